The Labute approximate surface area is 162 Å². The molecule has 27 heavy (non-hydrogen) atoms. The highest BCUT2D eigenvalue weighted by Crippen LogP contribution is 2.25. The Morgan fingerprint density at radius 2 is 1.78 bits per heavy atom. The fraction of sp³-hybridized carbons (Fsp3) is 0.286. The van der Waals surface area contributed by atoms with E-state index in [4.69, 9.17) is 16.0 Å². The first-order chi connectivity index (χ1) is 13.1. The summed E-state index contributed by atoms with van der Waals surface area (Å²) < 4.78 is 5.43. The van der Waals surface area contributed by atoms with Crippen LogP contribution in [0.4, 0.5) is 5.69 Å². The molecule has 1 aromatic heterocycles. The number of piperazine rings is 1. The van der Waals surface area contributed by atoms with E-state index in [1.54, 1.807) is 0 Å². The Morgan fingerprint density at radius 1 is 1.00 bits per heavy atom. The van der Waals surface area contributed by atoms with Crippen molar-refractivity contribution >= 4 is 28.3 Å². The standard InChI is InChI=1S/C21H21ClN2O3/c22-19-12-18(6-5-16(19)14-25)24-9-7-23(8-10-24)13-17-11-15-3-1-2-4-20(15)27-21(17)26/h1-6,11-12,25H,7-10,13-14H2. The third kappa shape index (κ3) is 3.86. The van der Waals surface area contributed by atoms with E-state index in [0.717, 1.165) is 42.8 Å². The lowest BCUT2D eigenvalue weighted by molar-refractivity contribution is 0.247. The largest absolute Gasteiger partial charge is 0.422 e. The summed E-state index contributed by atoms with van der Waals surface area (Å²) >= 11 is 6.21. The maximum Gasteiger partial charge on any atom is 0.340 e. The van der Waals surface area contributed by atoms with E-state index in [2.05, 4.69) is 9.80 Å². The van der Waals surface area contributed by atoms with Crippen molar-refractivity contribution in [3.05, 3.63) is 75.1 Å². The molecule has 6 heteroatoms. The molecule has 0 amide bonds. The van der Waals surface area contributed by atoms with Crippen molar-refractivity contribution in [2.45, 2.75) is 13.2 Å². The summed E-state index contributed by atoms with van der Waals surface area (Å²) in [5.74, 6) is 0. The van der Waals surface area contributed by atoms with Gasteiger partial charge in [-0.1, -0.05) is 35.9 Å². The van der Waals surface area contributed by atoms with Crippen molar-refractivity contribution < 1.29 is 9.52 Å². The first-order valence-electron chi connectivity index (χ1n) is 9.02. The average Bonchev–Trinajstić information content (AvgIpc) is 2.69. The summed E-state index contributed by atoms with van der Waals surface area (Å²) in [4.78, 5) is 16.8. The average molecular weight is 385 g/mol. The number of hydrogen-bond acceptors (Lipinski definition) is 5. The summed E-state index contributed by atoms with van der Waals surface area (Å²) in [5, 5.41) is 10.8. The lowest BCUT2D eigenvalue weighted by Crippen LogP contribution is -2.46. The number of halogens is 1. The summed E-state index contributed by atoms with van der Waals surface area (Å²) in [5.41, 5.74) is 2.85. The monoisotopic (exact) mass is 384 g/mol. The number of aliphatic hydroxyl groups excluding tert-OH is 1. The van der Waals surface area contributed by atoms with Crippen LogP contribution in [0.3, 0.4) is 0 Å². The van der Waals surface area contributed by atoms with Gasteiger partial charge in [-0.25, -0.2) is 4.79 Å². The van der Waals surface area contributed by atoms with Crippen molar-refractivity contribution in [1.82, 2.24) is 4.90 Å². The van der Waals surface area contributed by atoms with Crippen LogP contribution >= 0.6 is 11.6 Å². The molecule has 0 atom stereocenters. The Balaban J connectivity index is 1.43. The SMILES string of the molecule is O=c1oc2ccccc2cc1CN1CCN(c2ccc(CO)c(Cl)c2)CC1. The molecule has 0 unspecified atom stereocenters. The van der Waals surface area contributed by atoms with Gasteiger partial charge in [-0.2, -0.15) is 0 Å². The summed E-state index contributed by atoms with van der Waals surface area (Å²) in [6.45, 7) is 3.95. The normalized spacial score (nSPS) is 15.4. The molecule has 0 radical (unpaired) electrons. The molecule has 1 saturated heterocycles. The molecule has 5 nitrogen and oxygen atoms in total. The van der Waals surface area contributed by atoms with Gasteiger partial charge < -0.3 is 14.4 Å². The molecular weight excluding hydrogens is 364 g/mol. The van der Waals surface area contributed by atoms with Crippen molar-refractivity contribution in [1.29, 1.82) is 0 Å². The Bertz CT molecular complexity index is 1010. The van der Waals surface area contributed by atoms with Gasteiger partial charge in [-0.3, -0.25) is 4.90 Å². The van der Waals surface area contributed by atoms with Gasteiger partial charge in [0.1, 0.15) is 5.58 Å². The number of anilines is 1. The van der Waals surface area contributed by atoms with Crippen molar-refractivity contribution in [2.24, 2.45) is 0 Å². The topological polar surface area (TPSA) is 56.9 Å². The second-order valence-corrected chi connectivity index (χ2v) is 7.20. The zero-order chi connectivity index (χ0) is 18.8. The molecule has 1 N–H and O–H groups in total. The molecule has 2 aromatic carbocycles. The Hall–Kier alpha value is -2.34. The van der Waals surface area contributed by atoms with Crippen molar-refractivity contribution in [3.63, 3.8) is 0 Å². The molecule has 0 bridgehead atoms. The van der Waals surface area contributed by atoms with Crippen LogP contribution in [-0.2, 0) is 13.2 Å². The molecule has 0 saturated carbocycles. The Kier molecular flexibility index (Phi) is 5.16. The second-order valence-electron chi connectivity index (χ2n) is 6.79. The van der Waals surface area contributed by atoms with E-state index >= 15 is 0 Å². The minimum Gasteiger partial charge on any atom is -0.422 e. The van der Waals surface area contributed by atoms with E-state index in [0.29, 0.717) is 22.7 Å². The second kappa shape index (κ2) is 7.72. The predicted octanol–water partition coefficient (Wildman–Crippen LogP) is 3.26. The molecule has 3 aromatic rings. The number of aliphatic hydroxyl groups is 1. The van der Waals surface area contributed by atoms with E-state index in [9.17, 15) is 9.90 Å². The molecule has 1 aliphatic heterocycles. The first-order valence-corrected chi connectivity index (χ1v) is 9.40. The molecule has 1 aliphatic rings. The zero-order valence-corrected chi connectivity index (χ0v) is 15.7. The van der Waals surface area contributed by atoms with Gasteiger partial charge in [0.05, 0.1) is 12.2 Å². The maximum atomic E-state index is 12.3. The van der Waals surface area contributed by atoms with Gasteiger partial charge in [-0.05, 0) is 29.8 Å². The fourth-order valence-corrected chi connectivity index (χ4v) is 3.72. The first kappa shape index (κ1) is 18.0. The third-order valence-corrected chi connectivity index (χ3v) is 5.40. The molecule has 1 fully saturated rings. The number of para-hydroxylation sites is 1. The van der Waals surface area contributed by atoms with E-state index in [1.165, 1.54) is 0 Å². The molecule has 4 rings (SSSR count). The molecule has 140 valence electrons. The van der Waals surface area contributed by atoms with Crippen molar-refractivity contribution in [3.8, 4) is 0 Å². The smallest absolute Gasteiger partial charge is 0.340 e. The number of nitrogens with zero attached hydrogens (tertiary/aromatic N) is 2. The fourth-order valence-electron chi connectivity index (χ4n) is 3.48. The van der Waals surface area contributed by atoms with Gasteiger partial charge in [0.25, 0.3) is 0 Å². The minimum atomic E-state index is -0.262. The number of hydrogen-bond donors (Lipinski definition) is 1. The van der Waals surface area contributed by atoms with Crippen LogP contribution in [0.2, 0.25) is 5.02 Å². The molecule has 0 spiro atoms. The van der Waals surface area contributed by atoms with Crippen molar-refractivity contribution in [2.75, 3.05) is 31.1 Å². The van der Waals surface area contributed by atoms with Crippen LogP contribution in [0.1, 0.15) is 11.1 Å². The summed E-state index contributed by atoms with van der Waals surface area (Å²) in [7, 11) is 0. The van der Waals surface area contributed by atoms with Gasteiger partial charge in [-0.15, -0.1) is 0 Å². The van der Waals surface area contributed by atoms with Crippen LogP contribution < -0.4 is 10.5 Å². The highest BCUT2D eigenvalue weighted by Gasteiger charge is 2.19. The van der Waals surface area contributed by atoms with Crippen LogP contribution in [0.15, 0.2) is 57.7 Å². The van der Waals surface area contributed by atoms with Gasteiger partial charge in [0, 0.05) is 48.8 Å². The van der Waals surface area contributed by atoms with Crippen LogP contribution in [0, 0.1) is 0 Å². The molecule has 0 aliphatic carbocycles. The van der Waals surface area contributed by atoms with Crippen LogP contribution in [0.5, 0.6) is 0 Å². The lowest BCUT2D eigenvalue weighted by atomic mass is 10.1. The Morgan fingerprint density at radius 3 is 2.52 bits per heavy atom. The van der Waals surface area contributed by atoms with Gasteiger partial charge in [0.2, 0.25) is 0 Å². The van der Waals surface area contributed by atoms with E-state index < -0.39 is 0 Å². The lowest BCUT2D eigenvalue weighted by Gasteiger charge is -2.36. The predicted molar refractivity (Wildman–Crippen MR) is 107 cm³/mol. The molecule has 2 heterocycles. The summed E-state index contributed by atoms with van der Waals surface area (Å²) in [6, 6.07) is 15.3. The van der Waals surface area contributed by atoms with Gasteiger partial charge >= 0.3 is 5.63 Å². The van der Waals surface area contributed by atoms with Crippen LogP contribution in [0.25, 0.3) is 11.0 Å². The summed E-state index contributed by atoms with van der Waals surface area (Å²) in [6.07, 6.45) is 0. The quantitative estimate of drug-likeness (QED) is 0.700. The highest BCUT2D eigenvalue weighted by molar-refractivity contribution is 6.31. The number of fused-ring (bicyclic) bond motifs is 1. The van der Waals surface area contributed by atoms with E-state index in [1.807, 2.05) is 48.5 Å². The maximum absolute atomic E-state index is 12.3. The number of rotatable bonds is 4. The van der Waals surface area contributed by atoms with Gasteiger partial charge in [0.15, 0.2) is 0 Å². The van der Waals surface area contributed by atoms with Crippen LogP contribution in [-0.4, -0.2) is 36.2 Å². The zero-order valence-electron chi connectivity index (χ0n) is 14.9. The minimum absolute atomic E-state index is 0.0543. The highest BCUT2D eigenvalue weighted by atomic mass is 35.5. The van der Waals surface area contributed by atoms with E-state index in [-0.39, 0.29) is 12.2 Å². The number of benzene rings is 2. The third-order valence-electron chi connectivity index (χ3n) is 5.05. The molecular formula is C21H21ClN2O3.